The van der Waals surface area contributed by atoms with E-state index in [-0.39, 0.29) is 11.7 Å². The zero-order chi connectivity index (χ0) is 20.9. The highest BCUT2D eigenvalue weighted by atomic mass is 19.1. The van der Waals surface area contributed by atoms with E-state index in [0.717, 1.165) is 12.8 Å². The van der Waals surface area contributed by atoms with Crippen molar-refractivity contribution in [1.29, 1.82) is 0 Å². The minimum atomic E-state index is -0.314. The Kier molecular flexibility index (Phi) is 6.02. The van der Waals surface area contributed by atoms with E-state index in [2.05, 4.69) is 9.97 Å². The lowest BCUT2D eigenvalue weighted by atomic mass is 9.94. The number of carbonyl (C=O) groups excluding carboxylic acids is 1. The number of halogens is 1. The zero-order valence-corrected chi connectivity index (χ0v) is 16.9. The Labute approximate surface area is 175 Å². The summed E-state index contributed by atoms with van der Waals surface area (Å²) >= 11 is 0. The first kappa shape index (κ1) is 20.0. The number of hydrogen-bond acceptors (Lipinski definition) is 4. The van der Waals surface area contributed by atoms with E-state index in [4.69, 9.17) is 4.74 Å². The van der Waals surface area contributed by atoms with Crippen molar-refractivity contribution in [2.24, 2.45) is 0 Å². The van der Waals surface area contributed by atoms with Gasteiger partial charge in [-0.2, -0.15) is 4.98 Å². The van der Waals surface area contributed by atoms with Crippen LogP contribution in [0.2, 0.25) is 0 Å². The molecule has 1 fully saturated rings. The van der Waals surface area contributed by atoms with Crippen LogP contribution in [-0.4, -0.2) is 33.9 Å². The van der Waals surface area contributed by atoms with Gasteiger partial charge in [0.15, 0.2) is 5.82 Å². The molecule has 5 nitrogen and oxygen atoms in total. The van der Waals surface area contributed by atoms with Gasteiger partial charge in [-0.3, -0.25) is 4.79 Å². The highest BCUT2D eigenvalue weighted by Gasteiger charge is 2.23. The first-order valence-corrected chi connectivity index (χ1v) is 10.2. The molecule has 1 amide bonds. The van der Waals surface area contributed by atoms with E-state index in [1.54, 1.807) is 48.7 Å². The molecule has 154 valence electrons. The largest absolute Gasteiger partial charge is 0.439 e. The van der Waals surface area contributed by atoms with Gasteiger partial charge in [0.05, 0.1) is 0 Å². The van der Waals surface area contributed by atoms with Crippen molar-refractivity contribution >= 4 is 5.91 Å². The normalized spacial score (nSPS) is 14.3. The third kappa shape index (κ3) is 4.64. The fraction of sp³-hybridized carbons (Fsp3) is 0.292. The molecule has 0 saturated heterocycles. The van der Waals surface area contributed by atoms with Gasteiger partial charge >= 0.3 is 0 Å². The molecule has 0 N–H and O–H groups in total. The summed E-state index contributed by atoms with van der Waals surface area (Å²) in [5.41, 5.74) is 1.29. The van der Waals surface area contributed by atoms with Crippen LogP contribution < -0.4 is 4.74 Å². The molecule has 0 radical (unpaired) electrons. The second-order valence-corrected chi connectivity index (χ2v) is 7.56. The Morgan fingerprint density at radius 1 is 1.07 bits per heavy atom. The number of carbonyl (C=O) groups is 1. The van der Waals surface area contributed by atoms with E-state index < -0.39 is 0 Å². The summed E-state index contributed by atoms with van der Waals surface area (Å²) in [4.78, 5) is 23.4. The Morgan fingerprint density at radius 2 is 1.83 bits per heavy atom. The van der Waals surface area contributed by atoms with Gasteiger partial charge in [-0.15, -0.1) is 0 Å². The number of aromatic nitrogens is 2. The number of hydrogen-bond donors (Lipinski definition) is 0. The molecule has 1 saturated carbocycles. The second-order valence-electron chi connectivity index (χ2n) is 7.56. The smallest absolute Gasteiger partial charge is 0.253 e. The summed E-state index contributed by atoms with van der Waals surface area (Å²) in [7, 11) is 1.88. The summed E-state index contributed by atoms with van der Waals surface area (Å²) in [6.45, 7) is 0. The zero-order valence-electron chi connectivity index (χ0n) is 16.9. The predicted octanol–water partition coefficient (Wildman–Crippen LogP) is 5.48. The van der Waals surface area contributed by atoms with Crippen molar-refractivity contribution in [2.45, 2.75) is 38.1 Å². The molecule has 1 aliphatic carbocycles. The summed E-state index contributed by atoms with van der Waals surface area (Å²) < 4.78 is 19.0. The quantitative estimate of drug-likeness (QED) is 0.564. The van der Waals surface area contributed by atoms with Gasteiger partial charge in [-0.25, -0.2) is 9.37 Å². The number of benzene rings is 2. The topological polar surface area (TPSA) is 55.3 Å². The Hall–Kier alpha value is -3.28. The van der Waals surface area contributed by atoms with Crippen LogP contribution in [0.4, 0.5) is 4.39 Å². The number of nitrogens with zero attached hydrogens (tertiary/aromatic N) is 3. The first-order valence-electron chi connectivity index (χ1n) is 10.2. The van der Waals surface area contributed by atoms with Crippen molar-refractivity contribution in [2.75, 3.05) is 7.05 Å². The van der Waals surface area contributed by atoms with Crippen molar-refractivity contribution in [3.8, 4) is 23.0 Å². The molecule has 6 heteroatoms. The Balaban J connectivity index is 1.50. The molecule has 0 bridgehead atoms. The maximum absolute atomic E-state index is 13.2. The fourth-order valence-corrected chi connectivity index (χ4v) is 3.79. The van der Waals surface area contributed by atoms with Crippen LogP contribution in [0.1, 0.15) is 42.5 Å². The standard InChI is InChI=1S/C24H24FN3O2/c1-28(20-7-3-2-4-8-20)24(29)18-6-5-9-21(16-18)30-22-14-15-26-23(27-22)17-10-12-19(25)13-11-17/h5-6,9-16,20H,2-4,7-8H2,1H3. The van der Waals surface area contributed by atoms with Crippen LogP contribution in [0, 0.1) is 5.82 Å². The molecular formula is C24H24FN3O2. The van der Waals surface area contributed by atoms with Gasteiger partial charge in [-0.1, -0.05) is 25.3 Å². The predicted molar refractivity (Wildman–Crippen MR) is 113 cm³/mol. The average molecular weight is 405 g/mol. The molecule has 30 heavy (non-hydrogen) atoms. The van der Waals surface area contributed by atoms with Gasteiger partial charge in [0, 0.05) is 36.5 Å². The molecule has 0 atom stereocenters. The van der Waals surface area contributed by atoms with E-state index >= 15 is 0 Å². The number of ether oxygens (including phenoxy) is 1. The lowest BCUT2D eigenvalue weighted by molar-refractivity contribution is 0.0696. The van der Waals surface area contributed by atoms with Crippen LogP contribution in [0.15, 0.2) is 60.8 Å². The molecule has 0 unspecified atom stereocenters. The van der Waals surface area contributed by atoms with Crippen molar-refractivity contribution in [1.82, 2.24) is 14.9 Å². The van der Waals surface area contributed by atoms with Gasteiger partial charge in [0.2, 0.25) is 5.88 Å². The van der Waals surface area contributed by atoms with Crippen LogP contribution >= 0.6 is 0 Å². The summed E-state index contributed by atoms with van der Waals surface area (Å²) in [6.07, 6.45) is 7.32. The lowest BCUT2D eigenvalue weighted by Gasteiger charge is -2.31. The third-order valence-corrected chi connectivity index (χ3v) is 5.48. The average Bonchev–Trinajstić information content (AvgIpc) is 2.79. The Morgan fingerprint density at radius 3 is 2.60 bits per heavy atom. The summed E-state index contributed by atoms with van der Waals surface area (Å²) in [5.74, 6) is 1.01. The molecule has 0 aliphatic heterocycles. The molecule has 2 aromatic carbocycles. The van der Waals surface area contributed by atoms with Crippen LogP contribution in [0.3, 0.4) is 0 Å². The highest BCUT2D eigenvalue weighted by Crippen LogP contribution is 2.26. The maximum Gasteiger partial charge on any atom is 0.253 e. The molecular weight excluding hydrogens is 381 g/mol. The van der Waals surface area contributed by atoms with Crippen molar-refractivity contribution in [3.05, 3.63) is 72.2 Å². The number of rotatable bonds is 5. The number of amides is 1. The van der Waals surface area contributed by atoms with Gasteiger partial charge in [0.1, 0.15) is 11.6 Å². The minimum absolute atomic E-state index is 0.00189. The lowest BCUT2D eigenvalue weighted by Crippen LogP contribution is -2.38. The van der Waals surface area contributed by atoms with Crippen LogP contribution in [-0.2, 0) is 0 Å². The third-order valence-electron chi connectivity index (χ3n) is 5.48. The maximum atomic E-state index is 13.2. The second kappa shape index (κ2) is 9.03. The van der Waals surface area contributed by atoms with Crippen LogP contribution in [0.5, 0.6) is 11.6 Å². The van der Waals surface area contributed by atoms with Crippen LogP contribution in [0.25, 0.3) is 11.4 Å². The van der Waals surface area contributed by atoms with E-state index in [9.17, 15) is 9.18 Å². The molecule has 4 rings (SSSR count). The molecule has 1 aliphatic rings. The summed E-state index contributed by atoms with van der Waals surface area (Å²) in [5, 5.41) is 0. The molecule has 3 aromatic rings. The SMILES string of the molecule is CN(C(=O)c1cccc(Oc2ccnc(-c3ccc(F)cc3)n2)c1)C1CCCCC1. The summed E-state index contributed by atoms with van der Waals surface area (Å²) in [6, 6.07) is 15.1. The van der Waals surface area contributed by atoms with Crippen molar-refractivity contribution < 1.29 is 13.9 Å². The fourth-order valence-electron chi connectivity index (χ4n) is 3.79. The Bertz CT molecular complexity index is 1020. The highest BCUT2D eigenvalue weighted by molar-refractivity contribution is 5.94. The molecule has 1 heterocycles. The van der Waals surface area contributed by atoms with Crippen molar-refractivity contribution in [3.63, 3.8) is 0 Å². The monoisotopic (exact) mass is 405 g/mol. The molecule has 1 aromatic heterocycles. The van der Waals surface area contributed by atoms with E-state index in [0.29, 0.717) is 34.6 Å². The van der Waals surface area contributed by atoms with E-state index in [1.807, 2.05) is 11.9 Å². The van der Waals surface area contributed by atoms with E-state index in [1.165, 1.54) is 31.4 Å². The van der Waals surface area contributed by atoms with Gasteiger partial charge in [-0.05, 0) is 55.3 Å². The van der Waals surface area contributed by atoms with Gasteiger partial charge < -0.3 is 9.64 Å². The molecule has 0 spiro atoms. The van der Waals surface area contributed by atoms with Gasteiger partial charge in [0.25, 0.3) is 5.91 Å². The minimum Gasteiger partial charge on any atom is -0.439 e. The first-order chi connectivity index (χ1) is 14.6.